The minimum absolute atomic E-state index is 0.0243. The zero-order chi connectivity index (χ0) is 10.6. The molecule has 0 heterocycles. The minimum atomic E-state index is -0.693. The van der Waals surface area contributed by atoms with Crippen LogP contribution in [0.25, 0.3) is 6.08 Å². The lowest BCUT2D eigenvalue weighted by atomic mass is 10.1. The molecule has 2 N–H and O–H groups in total. The summed E-state index contributed by atoms with van der Waals surface area (Å²) in [5, 5.41) is 0. The van der Waals surface area contributed by atoms with E-state index in [0.29, 0.717) is 0 Å². The molecule has 0 radical (unpaired) electrons. The van der Waals surface area contributed by atoms with Crippen molar-refractivity contribution in [2.24, 2.45) is 5.73 Å². The van der Waals surface area contributed by atoms with Crippen LogP contribution < -0.4 is 5.73 Å². The molecule has 0 spiro atoms. The predicted octanol–water partition coefficient (Wildman–Crippen LogP) is 1.14. The van der Waals surface area contributed by atoms with Crippen LogP contribution in [-0.4, -0.2) is 11.7 Å². The second-order valence-electron chi connectivity index (χ2n) is 2.89. The highest BCUT2D eigenvalue weighted by Gasteiger charge is 2.09. The molecule has 0 fully saturated rings. The van der Waals surface area contributed by atoms with Gasteiger partial charge in [-0.3, -0.25) is 9.59 Å². The van der Waals surface area contributed by atoms with Crippen LogP contribution in [0.2, 0.25) is 0 Å². The Kier molecular flexibility index (Phi) is 3.18. The first-order valence-electron chi connectivity index (χ1n) is 4.18. The average Bonchev–Trinajstić information content (AvgIpc) is 2.15. The highest BCUT2D eigenvalue weighted by Crippen LogP contribution is 2.06. The van der Waals surface area contributed by atoms with Gasteiger partial charge in [0.2, 0.25) is 0 Å². The Morgan fingerprint density at radius 3 is 2.21 bits per heavy atom. The molecule has 1 aromatic rings. The molecule has 0 atom stereocenters. The van der Waals surface area contributed by atoms with Gasteiger partial charge in [0.1, 0.15) is 0 Å². The molecule has 0 aliphatic heterocycles. The Morgan fingerprint density at radius 1 is 1.21 bits per heavy atom. The van der Waals surface area contributed by atoms with Crippen LogP contribution in [0.1, 0.15) is 12.5 Å². The summed E-state index contributed by atoms with van der Waals surface area (Å²) in [7, 11) is 0. The third-order valence-electron chi connectivity index (χ3n) is 1.76. The molecule has 3 heteroatoms. The topological polar surface area (TPSA) is 60.2 Å². The zero-order valence-corrected chi connectivity index (χ0v) is 7.86. The fourth-order valence-electron chi connectivity index (χ4n) is 1.06. The summed E-state index contributed by atoms with van der Waals surface area (Å²) in [4.78, 5) is 21.9. The van der Waals surface area contributed by atoms with E-state index in [4.69, 9.17) is 5.73 Å². The molecular weight excluding hydrogens is 178 g/mol. The molecular formula is C11H11NO2. The van der Waals surface area contributed by atoms with Gasteiger partial charge in [0.25, 0.3) is 5.91 Å². The number of carbonyl (C=O) groups excluding carboxylic acids is 2. The first-order valence-corrected chi connectivity index (χ1v) is 4.18. The van der Waals surface area contributed by atoms with Gasteiger partial charge in [-0.2, -0.15) is 0 Å². The van der Waals surface area contributed by atoms with E-state index in [9.17, 15) is 9.59 Å². The number of ketones is 1. The Labute approximate surface area is 82.2 Å². The molecule has 14 heavy (non-hydrogen) atoms. The predicted molar refractivity (Wildman–Crippen MR) is 54.3 cm³/mol. The van der Waals surface area contributed by atoms with Crippen LogP contribution in [0.3, 0.4) is 0 Å². The van der Waals surface area contributed by atoms with Gasteiger partial charge in [-0.15, -0.1) is 0 Å². The van der Waals surface area contributed by atoms with Gasteiger partial charge < -0.3 is 5.73 Å². The summed E-state index contributed by atoms with van der Waals surface area (Å²) in [6.45, 7) is 1.32. The van der Waals surface area contributed by atoms with Crippen molar-refractivity contribution in [3.05, 3.63) is 41.5 Å². The van der Waals surface area contributed by atoms with Crippen molar-refractivity contribution in [2.45, 2.75) is 6.92 Å². The smallest absolute Gasteiger partial charge is 0.252 e. The highest BCUT2D eigenvalue weighted by molar-refractivity contribution is 6.21. The Morgan fingerprint density at radius 2 is 1.79 bits per heavy atom. The monoisotopic (exact) mass is 189 g/mol. The molecule has 0 saturated heterocycles. The Balaban J connectivity index is 3.06. The lowest BCUT2D eigenvalue weighted by molar-refractivity contribution is -0.119. The number of amides is 1. The maximum atomic E-state index is 11.0. The highest BCUT2D eigenvalue weighted by atomic mass is 16.2. The van der Waals surface area contributed by atoms with Crippen LogP contribution in [0.5, 0.6) is 0 Å². The summed E-state index contributed by atoms with van der Waals surface area (Å²) in [6.07, 6.45) is 1.49. The van der Waals surface area contributed by atoms with Gasteiger partial charge >= 0.3 is 0 Å². The van der Waals surface area contributed by atoms with E-state index in [1.54, 1.807) is 12.1 Å². The summed E-state index contributed by atoms with van der Waals surface area (Å²) < 4.78 is 0. The summed E-state index contributed by atoms with van der Waals surface area (Å²) in [5.41, 5.74) is 5.87. The molecule has 1 aromatic carbocycles. The number of rotatable bonds is 3. The third kappa shape index (κ3) is 2.55. The number of carbonyl (C=O) groups is 2. The van der Waals surface area contributed by atoms with Gasteiger partial charge in [-0.05, 0) is 18.6 Å². The molecule has 3 nitrogen and oxygen atoms in total. The second-order valence-corrected chi connectivity index (χ2v) is 2.89. The molecule has 1 amide bonds. The van der Waals surface area contributed by atoms with Crippen LogP contribution in [0.4, 0.5) is 0 Å². The SMILES string of the molecule is CC(=O)/C(=C/c1ccccc1)C(N)=O. The fourth-order valence-corrected chi connectivity index (χ4v) is 1.06. The number of Topliss-reactive ketones (excluding diaryl/α,β-unsaturated/α-hetero) is 1. The van der Waals surface area contributed by atoms with E-state index < -0.39 is 5.91 Å². The van der Waals surface area contributed by atoms with E-state index >= 15 is 0 Å². The quantitative estimate of drug-likeness (QED) is 0.440. The van der Waals surface area contributed by atoms with E-state index in [0.717, 1.165) is 5.56 Å². The van der Waals surface area contributed by atoms with Gasteiger partial charge in [0, 0.05) is 0 Å². The van der Waals surface area contributed by atoms with Gasteiger partial charge in [0.15, 0.2) is 5.78 Å². The normalized spacial score (nSPS) is 11.1. The van der Waals surface area contributed by atoms with E-state index in [1.165, 1.54) is 13.0 Å². The number of hydrogen-bond acceptors (Lipinski definition) is 2. The number of benzene rings is 1. The third-order valence-corrected chi connectivity index (χ3v) is 1.76. The molecule has 0 aliphatic rings. The number of hydrogen-bond donors (Lipinski definition) is 1. The maximum absolute atomic E-state index is 11.0. The van der Waals surface area contributed by atoms with Crippen molar-refractivity contribution >= 4 is 17.8 Å². The van der Waals surface area contributed by atoms with Crippen LogP contribution in [0.15, 0.2) is 35.9 Å². The van der Waals surface area contributed by atoms with Crippen molar-refractivity contribution in [1.82, 2.24) is 0 Å². The number of nitrogens with two attached hydrogens (primary N) is 1. The van der Waals surface area contributed by atoms with Gasteiger partial charge in [0.05, 0.1) is 5.57 Å². The van der Waals surface area contributed by atoms with Crippen LogP contribution in [-0.2, 0) is 9.59 Å². The Bertz CT molecular complexity index is 364. The molecule has 0 aliphatic carbocycles. The Hall–Kier alpha value is -1.90. The first-order chi connectivity index (χ1) is 6.61. The van der Waals surface area contributed by atoms with E-state index in [1.807, 2.05) is 18.2 Å². The molecule has 72 valence electrons. The lowest BCUT2D eigenvalue weighted by Crippen LogP contribution is -2.18. The summed E-state index contributed by atoms with van der Waals surface area (Å²) >= 11 is 0. The van der Waals surface area contributed by atoms with Crippen molar-refractivity contribution in [3.63, 3.8) is 0 Å². The minimum Gasteiger partial charge on any atom is -0.365 e. The van der Waals surface area contributed by atoms with Gasteiger partial charge in [-0.25, -0.2) is 0 Å². The average molecular weight is 189 g/mol. The van der Waals surface area contributed by atoms with Crippen molar-refractivity contribution in [3.8, 4) is 0 Å². The molecule has 0 saturated carbocycles. The van der Waals surface area contributed by atoms with Crippen molar-refractivity contribution < 1.29 is 9.59 Å². The molecule has 0 unspecified atom stereocenters. The molecule has 1 rings (SSSR count). The largest absolute Gasteiger partial charge is 0.365 e. The van der Waals surface area contributed by atoms with E-state index in [-0.39, 0.29) is 11.4 Å². The zero-order valence-electron chi connectivity index (χ0n) is 7.86. The molecule has 0 bridgehead atoms. The fraction of sp³-hybridized carbons (Fsp3) is 0.0909. The maximum Gasteiger partial charge on any atom is 0.252 e. The van der Waals surface area contributed by atoms with Crippen molar-refractivity contribution in [1.29, 1.82) is 0 Å². The standard InChI is InChI=1S/C11H11NO2/c1-8(13)10(11(12)14)7-9-5-3-2-4-6-9/h2-7H,1H3,(H2,12,14)/b10-7-. The van der Waals surface area contributed by atoms with Gasteiger partial charge in [-0.1, -0.05) is 30.3 Å². The number of primary amides is 1. The lowest BCUT2D eigenvalue weighted by Gasteiger charge is -1.97. The second kappa shape index (κ2) is 4.37. The summed E-state index contributed by atoms with van der Waals surface area (Å²) in [5.74, 6) is -1.01. The van der Waals surface area contributed by atoms with Crippen molar-refractivity contribution in [2.75, 3.05) is 0 Å². The van der Waals surface area contributed by atoms with E-state index in [2.05, 4.69) is 0 Å². The van der Waals surface area contributed by atoms with Crippen LogP contribution in [0, 0.1) is 0 Å². The first kappa shape index (κ1) is 10.2. The van der Waals surface area contributed by atoms with Crippen LogP contribution >= 0.6 is 0 Å². The molecule has 0 aromatic heterocycles. The summed E-state index contributed by atoms with van der Waals surface area (Å²) in [6, 6.07) is 9.10.